The molecule has 0 aliphatic heterocycles. The Hall–Kier alpha value is -4.83. The highest BCUT2D eigenvalue weighted by Gasteiger charge is 2.21. The van der Waals surface area contributed by atoms with E-state index in [0.717, 1.165) is 89.9 Å². The Bertz CT molecular complexity index is 1770. The molecule has 0 heterocycles. The summed E-state index contributed by atoms with van der Waals surface area (Å²) in [7, 11) is 5.89. The van der Waals surface area contributed by atoms with Gasteiger partial charge in [-0.05, 0) is 96.3 Å². The van der Waals surface area contributed by atoms with Crippen LogP contribution < -0.4 is 5.11 Å². The van der Waals surface area contributed by atoms with Crippen LogP contribution >= 0.6 is 0 Å². The molecule has 0 aliphatic carbocycles. The Balaban J connectivity index is 4.17. The van der Waals surface area contributed by atoms with E-state index in [-0.39, 0.29) is 32.7 Å². The number of allylic oxidation sites excluding steroid dienone is 23. The third-order valence-corrected chi connectivity index (χ3v) is 12.1. The molecule has 9 heteroatoms. The van der Waals surface area contributed by atoms with E-state index in [0.29, 0.717) is 23.9 Å². The van der Waals surface area contributed by atoms with Gasteiger partial charge >= 0.3 is 11.9 Å². The molecule has 0 bridgehead atoms. The molecular formula is C68H109NO8. The van der Waals surface area contributed by atoms with Crippen LogP contribution in [0.3, 0.4) is 0 Å². The molecule has 0 radical (unpaired) electrons. The normalized spacial score (nSPS) is 13.8. The van der Waals surface area contributed by atoms with Crippen molar-refractivity contribution in [2.24, 2.45) is 0 Å². The monoisotopic (exact) mass is 1070 g/mol. The number of carboxylic acids is 1. The van der Waals surface area contributed by atoms with Gasteiger partial charge in [-0.25, -0.2) is 0 Å². The van der Waals surface area contributed by atoms with Crippen LogP contribution in [0.15, 0.2) is 146 Å². The van der Waals surface area contributed by atoms with Crippen LogP contribution in [0.2, 0.25) is 0 Å². The van der Waals surface area contributed by atoms with Crippen LogP contribution in [0.1, 0.15) is 206 Å². The fourth-order valence-corrected chi connectivity index (χ4v) is 7.59. The Labute approximate surface area is 471 Å². The highest BCUT2D eigenvalue weighted by Crippen LogP contribution is 2.15. The predicted molar refractivity (Wildman–Crippen MR) is 324 cm³/mol. The third kappa shape index (κ3) is 58.7. The predicted octanol–water partition coefficient (Wildman–Crippen LogP) is 16.7. The summed E-state index contributed by atoms with van der Waals surface area (Å²) >= 11 is 0. The maximum atomic E-state index is 12.9. The zero-order valence-corrected chi connectivity index (χ0v) is 49.3. The number of quaternary nitrogens is 1. The number of ether oxygens (including phenoxy) is 4. The quantitative estimate of drug-likeness (QED) is 0.0195. The van der Waals surface area contributed by atoms with Crippen LogP contribution in [-0.4, -0.2) is 82.3 Å². The summed E-state index contributed by atoms with van der Waals surface area (Å²) in [5.74, 6) is -2.46. The number of esters is 2. The number of carbonyl (C=O) groups excluding carboxylic acids is 3. The summed E-state index contributed by atoms with van der Waals surface area (Å²) in [6, 6.07) is 0. The van der Waals surface area contributed by atoms with Crippen molar-refractivity contribution in [3.8, 4) is 0 Å². The summed E-state index contributed by atoms with van der Waals surface area (Å²) in [5, 5.41) is 11.8. The first-order chi connectivity index (χ1) is 37.6. The van der Waals surface area contributed by atoms with Gasteiger partial charge in [-0.2, -0.15) is 0 Å². The first-order valence-corrected chi connectivity index (χ1v) is 30.0. The lowest BCUT2D eigenvalue weighted by Crippen LogP contribution is -2.44. The van der Waals surface area contributed by atoms with Crippen molar-refractivity contribution in [2.45, 2.75) is 219 Å². The number of nitrogens with zero attached hydrogens (tertiary/aromatic N) is 1. The van der Waals surface area contributed by atoms with E-state index in [2.05, 4.69) is 141 Å². The lowest BCUT2D eigenvalue weighted by atomic mass is 10.0. The van der Waals surface area contributed by atoms with Crippen LogP contribution in [0.25, 0.3) is 0 Å². The number of carbonyl (C=O) groups is 3. The average molecular weight is 1070 g/mol. The van der Waals surface area contributed by atoms with E-state index in [1.807, 2.05) is 33.3 Å². The van der Waals surface area contributed by atoms with Gasteiger partial charge in [0.25, 0.3) is 0 Å². The smallest absolute Gasteiger partial charge is 0.309 e. The molecule has 0 saturated carbocycles. The van der Waals surface area contributed by atoms with Gasteiger partial charge in [-0.3, -0.25) is 9.59 Å². The van der Waals surface area contributed by atoms with Crippen molar-refractivity contribution < 1.29 is 42.9 Å². The van der Waals surface area contributed by atoms with Crippen molar-refractivity contribution in [1.82, 2.24) is 0 Å². The van der Waals surface area contributed by atoms with Gasteiger partial charge < -0.3 is 33.3 Å². The number of likely N-dealkylation sites (N-methyl/N-ethyl adjacent to an activating group) is 1. The summed E-state index contributed by atoms with van der Waals surface area (Å²) in [5.41, 5.74) is 0. The molecule has 9 nitrogen and oxygen atoms in total. The lowest BCUT2D eigenvalue weighted by molar-refractivity contribution is -0.870. The summed E-state index contributed by atoms with van der Waals surface area (Å²) in [4.78, 5) is 37.2. The van der Waals surface area contributed by atoms with Crippen molar-refractivity contribution in [3.05, 3.63) is 146 Å². The Kier molecular flexibility index (Phi) is 53.8. The van der Waals surface area contributed by atoms with Gasteiger partial charge in [0.05, 0.1) is 46.7 Å². The zero-order chi connectivity index (χ0) is 56.2. The second-order valence-corrected chi connectivity index (χ2v) is 20.5. The number of aliphatic carboxylic acids is 1. The first kappa shape index (κ1) is 72.2. The van der Waals surface area contributed by atoms with Crippen LogP contribution in [0.5, 0.6) is 0 Å². The van der Waals surface area contributed by atoms with Crippen LogP contribution in [0.4, 0.5) is 0 Å². The molecule has 2 unspecified atom stereocenters. The minimum atomic E-state index is -1.65. The van der Waals surface area contributed by atoms with Crippen LogP contribution in [-0.2, 0) is 33.3 Å². The number of hydrogen-bond donors (Lipinski definition) is 0. The maximum absolute atomic E-state index is 12.9. The molecule has 0 spiro atoms. The largest absolute Gasteiger partial charge is 0.545 e. The van der Waals surface area contributed by atoms with Crippen molar-refractivity contribution >= 4 is 17.9 Å². The maximum Gasteiger partial charge on any atom is 0.309 e. The Morgan fingerprint density at radius 3 is 1.10 bits per heavy atom. The molecule has 0 aromatic rings. The lowest BCUT2D eigenvalue weighted by Gasteiger charge is -2.26. The molecule has 0 aliphatic rings. The highest BCUT2D eigenvalue weighted by atomic mass is 16.7. The summed E-state index contributed by atoms with van der Waals surface area (Å²) in [6.45, 7) is 4.38. The summed E-state index contributed by atoms with van der Waals surface area (Å²) < 4.78 is 22.5. The van der Waals surface area contributed by atoms with E-state index < -0.39 is 30.3 Å². The SMILES string of the molecule is CC/C=C\C/C=C\C/C=C\C/C=C\C/C=C\C/C=C\C/C=C\CCCCCCCCCCCCCCCCCC(=O)OC(COC(=O)C/C=C\C/C=C\C/C=C\C/C=C\C/C=C\CC)COC(OCC[N+](C)(C)C)C(=O)[O-]. The number of hydrogen-bond acceptors (Lipinski definition) is 8. The Morgan fingerprint density at radius 1 is 0.403 bits per heavy atom. The van der Waals surface area contributed by atoms with Gasteiger partial charge in [0, 0.05) is 6.42 Å². The number of unbranched alkanes of at least 4 members (excludes halogenated alkanes) is 15. The van der Waals surface area contributed by atoms with E-state index in [4.69, 9.17) is 18.9 Å². The first-order valence-electron chi connectivity index (χ1n) is 30.0. The molecule has 0 fully saturated rings. The molecule has 2 atom stereocenters. The second-order valence-electron chi connectivity index (χ2n) is 20.5. The second kappa shape index (κ2) is 57.3. The fourth-order valence-electron chi connectivity index (χ4n) is 7.59. The molecule has 0 N–H and O–H groups in total. The van der Waals surface area contributed by atoms with Gasteiger partial charge in [0.15, 0.2) is 12.4 Å². The molecule has 434 valence electrons. The molecule has 77 heavy (non-hydrogen) atoms. The van der Waals surface area contributed by atoms with Gasteiger partial charge in [-0.1, -0.05) is 243 Å². The molecule has 0 saturated heterocycles. The zero-order valence-electron chi connectivity index (χ0n) is 49.3. The van der Waals surface area contributed by atoms with E-state index in [1.54, 1.807) is 6.08 Å². The summed E-state index contributed by atoms with van der Waals surface area (Å²) in [6.07, 6.45) is 80.9. The fraction of sp³-hybridized carbons (Fsp3) is 0.603. The average Bonchev–Trinajstić information content (AvgIpc) is 3.40. The van der Waals surface area contributed by atoms with E-state index >= 15 is 0 Å². The highest BCUT2D eigenvalue weighted by molar-refractivity contribution is 5.71. The van der Waals surface area contributed by atoms with Crippen LogP contribution in [0, 0.1) is 0 Å². The topological polar surface area (TPSA) is 111 Å². The minimum absolute atomic E-state index is 0.0537. The van der Waals surface area contributed by atoms with Crippen molar-refractivity contribution in [1.29, 1.82) is 0 Å². The third-order valence-electron chi connectivity index (χ3n) is 12.1. The van der Waals surface area contributed by atoms with Crippen molar-refractivity contribution in [2.75, 3.05) is 47.5 Å². The Morgan fingerprint density at radius 2 is 0.740 bits per heavy atom. The molecule has 0 amide bonds. The molecule has 0 aromatic heterocycles. The number of rotatable bonds is 53. The van der Waals surface area contributed by atoms with Crippen molar-refractivity contribution in [3.63, 3.8) is 0 Å². The van der Waals surface area contributed by atoms with Gasteiger partial charge in [0.1, 0.15) is 13.2 Å². The van der Waals surface area contributed by atoms with Gasteiger partial charge in [0.2, 0.25) is 0 Å². The molecule has 0 aromatic carbocycles. The van der Waals surface area contributed by atoms with E-state index in [1.165, 1.54) is 77.0 Å². The number of carboxylic acid groups (broad SMARTS) is 1. The minimum Gasteiger partial charge on any atom is -0.545 e. The van der Waals surface area contributed by atoms with E-state index in [9.17, 15) is 19.5 Å². The molecular weight excluding hydrogens is 959 g/mol. The standard InChI is InChI=1S/C68H109NO8/c1-6-8-10-12-14-16-18-20-22-23-24-25-26-27-28-29-30-31-32-33-34-35-36-37-38-39-40-41-42-43-45-47-49-51-53-55-57-59-66(71)77-64(63-76-68(67(72)73)74-61-60-69(3,4)5)62-75-65(70)58-56-54-52-50-48-46-44-21-19-17-15-13-11-9-7-2/h8-11,14-17,20-22,24-25,27-28,30-31,33-34,44,48,50,54,56,64,68H,6-7,12-13,18-19,23,26,29,32,35-43,45-47,49,51-53,55,57-63H2,1-5H3/b10-8-,11-9-,16-14-,17-15-,22-20-,25-24-,28-27-,31-30-,34-33-,44-21-,50-48-,56-54-. The van der Waals surface area contributed by atoms with Gasteiger partial charge in [-0.15, -0.1) is 0 Å². The molecule has 0 rings (SSSR count).